The Balaban J connectivity index is 2.00. The van der Waals surface area contributed by atoms with Crippen LogP contribution >= 0.6 is 0 Å². The van der Waals surface area contributed by atoms with Crippen LogP contribution in [0.25, 0.3) is 11.3 Å². The van der Waals surface area contributed by atoms with Gasteiger partial charge in [-0.15, -0.1) is 0 Å². The summed E-state index contributed by atoms with van der Waals surface area (Å²) in [6, 6.07) is 9.24. The molecule has 0 unspecified atom stereocenters. The summed E-state index contributed by atoms with van der Waals surface area (Å²) in [6.45, 7) is 2.55. The van der Waals surface area contributed by atoms with Gasteiger partial charge in [0.05, 0.1) is 11.4 Å². The zero-order valence-corrected chi connectivity index (χ0v) is 12.9. The lowest BCUT2D eigenvalue weighted by molar-refractivity contribution is 0.511. The van der Waals surface area contributed by atoms with Crippen LogP contribution in [0.3, 0.4) is 0 Å². The highest BCUT2D eigenvalue weighted by Crippen LogP contribution is 2.25. The minimum Gasteiger partial charge on any atom is -0.354 e. The van der Waals surface area contributed by atoms with Gasteiger partial charge in [0, 0.05) is 30.6 Å². The molecule has 0 radical (unpaired) electrons. The number of hydrogen-bond acceptors (Lipinski definition) is 5. The fourth-order valence-corrected chi connectivity index (χ4v) is 2.15. The van der Waals surface area contributed by atoms with Gasteiger partial charge >= 0.3 is 0 Å². The van der Waals surface area contributed by atoms with Crippen molar-refractivity contribution in [3.63, 3.8) is 0 Å². The zero-order chi connectivity index (χ0) is 16.9. The molecule has 122 valence electrons. The van der Waals surface area contributed by atoms with Crippen molar-refractivity contribution < 1.29 is 8.78 Å². The Hall–Kier alpha value is -3.09. The average Bonchev–Trinajstić information content (AvgIpc) is 2.60. The third-order valence-electron chi connectivity index (χ3n) is 3.23. The van der Waals surface area contributed by atoms with Crippen LogP contribution in [0.5, 0.6) is 0 Å². The average molecular weight is 327 g/mol. The van der Waals surface area contributed by atoms with Crippen LogP contribution in [0.4, 0.5) is 26.2 Å². The fourth-order valence-electron chi connectivity index (χ4n) is 2.15. The maximum Gasteiger partial charge on any atom is 0.225 e. The van der Waals surface area contributed by atoms with Crippen molar-refractivity contribution in [2.75, 3.05) is 17.2 Å². The lowest BCUT2D eigenvalue weighted by Gasteiger charge is -2.11. The molecular formula is C17H15F2N5. The number of halogens is 2. The molecule has 0 aliphatic rings. The minimum atomic E-state index is -0.955. The highest BCUT2D eigenvalue weighted by molar-refractivity contribution is 5.67. The first-order valence-electron chi connectivity index (χ1n) is 7.41. The second kappa shape index (κ2) is 6.99. The Kier molecular flexibility index (Phi) is 4.60. The normalized spacial score (nSPS) is 10.5. The summed E-state index contributed by atoms with van der Waals surface area (Å²) in [5.74, 6) is -1.14. The number of hydrogen-bond donors (Lipinski definition) is 2. The SMILES string of the molecule is CCNc1nc(Nc2cccc(F)c2F)cc(-c2cccnc2)n1. The number of nitrogens with one attached hydrogen (secondary N) is 2. The molecule has 3 aromatic rings. The molecule has 0 atom stereocenters. The Labute approximate surface area is 137 Å². The van der Waals surface area contributed by atoms with E-state index >= 15 is 0 Å². The van der Waals surface area contributed by atoms with Crippen LogP contribution in [0, 0.1) is 11.6 Å². The first kappa shape index (κ1) is 15.8. The van der Waals surface area contributed by atoms with E-state index in [0.29, 0.717) is 24.0 Å². The monoisotopic (exact) mass is 327 g/mol. The van der Waals surface area contributed by atoms with E-state index in [1.54, 1.807) is 24.5 Å². The van der Waals surface area contributed by atoms with Crippen LogP contribution in [-0.4, -0.2) is 21.5 Å². The summed E-state index contributed by atoms with van der Waals surface area (Å²) < 4.78 is 27.2. The number of pyridine rings is 1. The van der Waals surface area contributed by atoms with E-state index in [1.165, 1.54) is 12.1 Å². The van der Waals surface area contributed by atoms with Crippen molar-refractivity contribution in [2.24, 2.45) is 0 Å². The highest BCUT2D eigenvalue weighted by Gasteiger charge is 2.11. The number of rotatable bonds is 5. The summed E-state index contributed by atoms with van der Waals surface area (Å²) in [4.78, 5) is 12.7. The van der Waals surface area contributed by atoms with Crippen molar-refractivity contribution in [1.82, 2.24) is 15.0 Å². The Morgan fingerprint density at radius 2 is 1.96 bits per heavy atom. The van der Waals surface area contributed by atoms with E-state index in [4.69, 9.17) is 0 Å². The van der Waals surface area contributed by atoms with Crippen molar-refractivity contribution >= 4 is 17.5 Å². The van der Waals surface area contributed by atoms with Crippen LogP contribution < -0.4 is 10.6 Å². The molecule has 0 amide bonds. The molecule has 0 saturated carbocycles. The Morgan fingerprint density at radius 1 is 1.08 bits per heavy atom. The first-order valence-corrected chi connectivity index (χ1v) is 7.41. The van der Waals surface area contributed by atoms with Crippen molar-refractivity contribution in [1.29, 1.82) is 0 Å². The third kappa shape index (κ3) is 3.45. The standard InChI is InChI=1S/C17H15F2N5/c1-2-21-17-23-14(11-5-4-8-20-10-11)9-15(24-17)22-13-7-3-6-12(18)16(13)19/h3-10H,2H2,1H3,(H2,21,22,23,24). The topological polar surface area (TPSA) is 62.7 Å². The smallest absolute Gasteiger partial charge is 0.225 e. The van der Waals surface area contributed by atoms with E-state index in [9.17, 15) is 8.78 Å². The first-order chi connectivity index (χ1) is 11.7. The fraction of sp³-hybridized carbons (Fsp3) is 0.118. The molecule has 0 aliphatic carbocycles. The maximum atomic E-state index is 13.9. The quantitative estimate of drug-likeness (QED) is 0.742. The highest BCUT2D eigenvalue weighted by atomic mass is 19.2. The molecule has 7 heteroatoms. The Morgan fingerprint density at radius 3 is 2.71 bits per heavy atom. The summed E-state index contributed by atoms with van der Waals surface area (Å²) in [7, 11) is 0. The van der Waals surface area contributed by atoms with Gasteiger partial charge in [-0.2, -0.15) is 4.98 Å². The molecule has 1 aromatic carbocycles. The van der Waals surface area contributed by atoms with Gasteiger partial charge in [0.15, 0.2) is 11.6 Å². The van der Waals surface area contributed by atoms with E-state index < -0.39 is 11.6 Å². The van der Waals surface area contributed by atoms with Gasteiger partial charge in [-0.3, -0.25) is 4.98 Å². The molecule has 0 spiro atoms. The van der Waals surface area contributed by atoms with Crippen LogP contribution in [0.2, 0.25) is 0 Å². The second-order valence-electron chi connectivity index (χ2n) is 4.96. The molecule has 0 fully saturated rings. The number of aromatic nitrogens is 3. The molecule has 3 rings (SSSR count). The van der Waals surface area contributed by atoms with Gasteiger partial charge in [-0.1, -0.05) is 6.07 Å². The van der Waals surface area contributed by atoms with E-state index in [0.717, 1.165) is 11.6 Å². The zero-order valence-electron chi connectivity index (χ0n) is 12.9. The lowest BCUT2D eigenvalue weighted by Crippen LogP contribution is -2.06. The summed E-state index contributed by atoms with van der Waals surface area (Å²) >= 11 is 0. The van der Waals surface area contributed by atoms with E-state index in [1.807, 2.05) is 13.0 Å². The molecule has 2 aromatic heterocycles. The largest absolute Gasteiger partial charge is 0.354 e. The van der Waals surface area contributed by atoms with Crippen molar-refractivity contribution in [2.45, 2.75) is 6.92 Å². The molecule has 2 heterocycles. The molecule has 0 aliphatic heterocycles. The van der Waals surface area contributed by atoms with Crippen molar-refractivity contribution in [3.8, 4) is 11.3 Å². The minimum absolute atomic E-state index is 0.00767. The van der Waals surface area contributed by atoms with Crippen LogP contribution in [0.1, 0.15) is 6.92 Å². The van der Waals surface area contributed by atoms with Gasteiger partial charge in [0.2, 0.25) is 5.95 Å². The summed E-state index contributed by atoms with van der Waals surface area (Å²) in [5.41, 5.74) is 1.42. The molecule has 24 heavy (non-hydrogen) atoms. The third-order valence-corrected chi connectivity index (χ3v) is 3.23. The maximum absolute atomic E-state index is 13.9. The van der Waals surface area contributed by atoms with E-state index in [-0.39, 0.29) is 5.69 Å². The predicted octanol–water partition coefficient (Wildman–Crippen LogP) is 3.99. The molecule has 2 N–H and O–H groups in total. The van der Waals surface area contributed by atoms with Crippen LogP contribution in [-0.2, 0) is 0 Å². The van der Waals surface area contributed by atoms with Gasteiger partial charge in [0.1, 0.15) is 5.82 Å². The molecule has 0 saturated heterocycles. The van der Waals surface area contributed by atoms with Gasteiger partial charge in [-0.05, 0) is 31.2 Å². The van der Waals surface area contributed by atoms with Gasteiger partial charge in [-0.25, -0.2) is 13.8 Å². The van der Waals surface area contributed by atoms with Crippen LogP contribution in [0.15, 0.2) is 48.8 Å². The molecule has 5 nitrogen and oxygen atoms in total. The second-order valence-corrected chi connectivity index (χ2v) is 4.96. The lowest BCUT2D eigenvalue weighted by atomic mass is 10.2. The van der Waals surface area contributed by atoms with Gasteiger partial charge in [0.25, 0.3) is 0 Å². The number of benzene rings is 1. The summed E-state index contributed by atoms with van der Waals surface area (Å²) in [5, 5.41) is 5.81. The van der Waals surface area contributed by atoms with Crippen molar-refractivity contribution in [3.05, 3.63) is 60.4 Å². The molecule has 0 bridgehead atoms. The Bertz CT molecular complexity index is 840. The number of anilines is 3. The number of nitrogens with zero attached hydrogens (tertiary/aromatic N) is 3. The van der Waals surface area contributed by atoms with Gasteiger partial charge < -0.3 is 10.6 Å². The predicted molar refractivity (Wildman–Crippen MR) is 89.1 cm³/mol. The van der Waals surface area contributed by atoms with E-state index in [2.05, 4.69) is 25.6 Å². The molecular weight excluding hydrogens is 312 g/mol. The summed E-state index contributed by atoms with van der Waals surface area (Å²) in [6.07, 6.45) is 3.34.